The summed E-state index contributed by atoms with van der Waals surface area (Å²) < 4.78 is 2.61. The lowest BCUT2D eigenvalue weighted by atomic mass is 9.97. The maximum absolute atomic E-state index is 2.34. The smallest absolute Gasteiger partial charge is 0.0457 e. The topological polar surface area (TPSA) is 3.24 Å². The zero-order chi connectivity index (χ0) is 28.1. The van der Waals surface area contributed by atoms with E-state index in [-0.39, 0.29) is 0 Å². The first-order chi connectivity index (χ1) is 20.8. The molecule has 1 aromatic heterocycles. The number of hydrogen-bond acceptors (Lipinski definition) is 2. The van der Waals surface area contributed by atoms with Crippen molar-refractivity contribution in [3.63, 3.8) is 0 Å². The Morgan fingerprint density at radius 1 is 0.405 bits per heavy atom. The summed E-state index contributed by atoms with van der Waals surface area (Å²) in [6.45, 7) is 0. The van der Waals surface area contributed by atoms with Crippen LogP contribution >= 0.6 is 11.3 Å². The van der Waals surface area contributed by atoms with Crippen molar-refractivity contribution in [3.8, 4) is 0 Å². The molecule has 0 fully saturated rings. The Morgan fingerprint density at radius 2 is 0.810 bits per heavy atom. The molecule has 0 atom stereocenters. The van der Waals surface area contributed by atoms with Gasteiger partial charge in [0.2, 0.25) is 0 Å². The Morgan fingerprint density at radius 3 is 1.29 bits per heavy atom. The molecule has 1 heterocycles. The number of fused-ring (bicyclic) bond motifs is 3. The first-order valence-corrected chi connectivity index (χ1v) is 15.0. The number of thiophene rings is 1. The van der Waals surface area contributed by atoms with Crippen molar-refractivity contribution in [3.05, 3.63) is 198 Å². The van der Waals surface area contributed by atoms with Gasteiger partial charge in [0.25, 0.3) is 0 Å². The van der Waals surface area contributed by atoms with Crippen molar-refractivity contribution in [2.75, 3.05) is 4.90 Å². The van der Waals surface area contributed by atoms with Crippen LogP contribution in [0.5, 0.6) is 0 Å². The van der Waals surface area contributed by atoms with Gasteiger partial charge in [-0.05, 0) is 46.5 Å². The first-order valence-electron chi connectivity index (χ1n) is 14.2. The standard InChI is InChI=1S/C40H29NS/c1-5-15-30(16-6-1)37(31-17-7-2-8-18-31)28-41(29-38(32-19-9-3-10-20-32)33-21-11-4-12-22-33)34-25-26-40-36(27-34)35-23-13-14-24-39(35)42-40/h1-29H. The molecule has 1 nitrogen and oxygen atoms in total. The molecule has 0 N–H and O–H groups in total. The van der Waals surface area contributed by atoms with E-state index in [9.17, 15) is 0 Å². The number of nitrogens with zero attached hydrogens (tertiary/aromatic N) is 1. The van der Waals surface area contributed by atoms with Crippen molar-refractivity contribution < 1.29 is 0 Å². The summed E-state index contributed by atoms with van der Waals surface area (Å²) in [6, 6.07) is 58.2. The highest BCUT2D eigenvalue weighted by Gasteiger charge is 2.14. The number of benzene rings is 6. The molecule has 0 aliphatic carbocycles. The van der Waals surface area contributed by atoms with Gasteiger partial charge in [0.05, 0.1) is 0 Å². The van der Waals surface area contributed by atoms with E-state index in [1.807, 2.05) is 11.3 Å². The van der Waals surface area contributed by atoms with Crippen LogP contribution in [0.15, 0.2) is 176 Å². The molecule has 0 radical (unpaired) electrons. The lowest BCUT2D eigenvalue weighted by Gasteiger charge is -2.22. The van der Waals surface area contributed by atoms with Gasteiger partial charge in [-0.25, -0.2) is 0 Å². The number of anilines is 1. The molecule has 0 amide bonds. The number of rotatable bonds is 7. The van der Waals surface area contributed by atoms with Crippen molar-refractivity contribution in [1.29, 1.82) is 0 Å². The van der Waals surface area contributed by atoms with Gasteiger partial charge in [0.15, 0.2) is 0 Å². The second kappa shape index (κ2) is 11.7. The van der Waals surface area contributed by atoms with Crippen LogP contribution in [0, 0.1) is 0 Å². The summed E-state index contributed by atoms with van der Waals surface area (Å²) in [5.74, 6) is 0. The van der Waals surface area contributed by atoms with E-state index in [2.05, 4.69) is 181 Å². The Hall–Kier alpha value is -5.18. The summed E-state index contributed by atoms with van der Waals surface area (Å²) in [4.78, 5) is 2.30. The van der Waals surface area contributed by atoms with Crippen LogP contribution in [0.1, 0.15) is 22.3 Å². The number of hydrogen-bond donors (Lipinski definition) is 0. The molecule has 0 bridgehead atoms. The highest BCUT2D eigenvalue weighted by atomic mass is 32.1. The molecule has 0 aliphatic heterocycles. The van der Waals surface area contributed by atoms with Crippen LogP contribution in [0.4, 0.5) is 5.69 Å². The first kappa shape index (κ1) is 25.8. The summed E-state index contributed by atoms with van der Waals surface area (Å²) in [7, 11) is 0. The summed E-state index contributed by atoms with van der Waals surface area (Å²) in [5.41, 5.74) is 8.11. The second-order valence-electron chi connectivity index (χ2n) is 10.2. The predicted molar refractivity (Wildman–Crippen MR) is 182 cm³/mol. The van der Waals surface area contributed by atoms with Crippen molar-refractivity contribution in [1.82, 2.24) is 0 Å². The molecule has 0 aliphatic rings. The van der Waals surface area contributed by atoms with Gasteiger partial charge < -0.3 is 4.90 Å². The molecule has 0 spiro atoms. The quantitative estimate of drug-likeness (QED) is 0.189. The van der Waals surface area contributed by atoms with Crippen LogP contribution < -0.4 is 4.90 Å². The minimum Gasteiger partial charge on any atom is -0.323 e. The highest BCUT2D eigenvalue weighted by molar-refractivity contribution is 7.25. The monoisotopic (exact) mass is 555 g/mol. The van der Waals surface area contributed by atoms with Crippen LogP contribution in [-0.2, 0) is 0 Å². The van der Waals surface area contributed by atoms with E-state index < -0.39 is 0 Å². The molecule has 0 saturated heterocycles. The van der Waals surface area contributed by atoms with E-state index in [0.717, 1.165) is 16.8 Å². The van der Waals surface area contributed by atoms with Crippen molar-refractivity contribution in [2.45, 2.75) is 0 Å². The molecule has 2 heteroatoms. The third kappa shape index (κ3) is 5.28. The van der Waals surface area contributed by atoms with Crippen molar-refractivity contribution in [2.24, 2.45) is 0 Å². The van der Waals surface area contributed by atoms with Crippen LogP contribution in [0.2, 0.25) is 0 Å². The molecule has 0 unspecified atom stereocenters. The SMILES string of the molecule is C(=C(c1ccccc1)c1ccccc1)N(C=C(c1ccccc1)c1ccccc1)c1ccc2sc3ccccc3c2c1. The average molecular weight is 556 g/mol. The van der Waals surface area contributed by atoms with Gasteiger partial charge in [-0.1, -0.05) is 140 Å². The Kier molecular flexibility index (Phi) is 7.20. The van der Waals surface area contributed by atoms with E-state index in [0.29, 0.717) is 0 Å². The van der Waals surface area contributed by atoms with Gasteiger partial charge in [0, 0.05) is 49.4 Å². The minimum atomic E-state index is 1.11. The van der Waals surface area contributed by atoms with Crippen molar-refractivity contribution >= 4 is 48.3 Å². The highest BCUT2D eigenvalue weighted by Crippen LogP contribution is 2.37. The fourth-order valence-corrected chi connectivity index (χ4v) is 6.53. The molecule has 7 rings (SSSR count). The third-order valence-corrected chi connectivity index (χ3v) is 8.69. The largest absolute Gasteiger partial charge is 0.323 e. The predicted octanol–water partition coefficient (Wildman–Crippen LogP) is 11.0. The molecule has 7 aromatic rings. The summed E-state index contributed by atoms with van der Waals surface area (Å²) >= 11 is 1.85. The van der Waals surface area contributed by atoms with Gasteiger partial charge >= 0.3 is 0 Å². The van der Waals surface area contributed by atoms with Gasteiger partial charge in [-0.2, -0.15) is 0 Å². The normalized spacial score (nSPS) is 10.9. The van der Waals surface area contributed by atoms with E-state index >= 15 is 0 Å². The lowest BCUT2D eigenvalue weighted by Crippen LogP contribution is -2.11. The minimum absolute atomic E-state index is 1.11. The fraction of sp³-hybridized carbons (Fsp3) is 0. The summed E-state index contributed by atoms with van der Waals surface area (Å²) in [5, 5.41) is 2.58. The summed E-state index contributed by atoms with van der Waals surface area (Å²) in [6.07, 6.45) is 4.57. The molecule has 200 valence electrons. The van der Waals surface area contributed by atoms with Gasteiger partial charge in [0.1, 0.15) is 0 Å². The van der Waals surface area contributed by atoms with Gasteiger partial charge in [-0.15, -0.1) is 11.3 Å². The Balaban J connectivity index is 1.49. The van der Waals surface area contributed by atoms with E-state index in [1.165, 1.54) is 42.4 Å². The fourth-order valence-electron chi connectivity index (χ4n) is 5.44. The molecule has 42 heavy (non-hydrogen) atoms. The molecular formula is C40H29NS. The second-order valence-corrected chi connectivity index (χ2v) is 11.3. The van der Waals surface area contributed by atoms with Crippen LogP contribution in [-0.4, -0.2) is 0 Å². The van der Waals surface area contributed by atoms with Crippen LogP contribution in [0.3, 0.4) is 0 Å². The Bertz CT molecular complexity index is 1830. The zero-order valence-corrected chi connectivity index (χ0v) is 23.9. The van der Waals surface area contributed by atoms with E-state index in [4.69, 9.17) is 0 Å². The van der Waals surface area contributed by atoms with Gasteiger partial charge in [-0.3, -0.25) is 0 Å². The lowest BCUT2D eigenvalue weighted by molar-refractivity contribution is 1.28. The van der Waals surface area contributed by atoms with E-state index in [1.54, 1.807) is 0 Å². The average Bonchev–Trinajstić information content (AvgIpc) is 3.45. The molecule has 0 saturated carbocycles. The molecule has 6 aromatic carbocycles. The third-order valence-electron chi connectivity index (χ3n) is 7.53. The maximum Gasteiger partial charge on any atom is 0.0457 e. The maximum atomic E-state index is 2.34. The molecular weight excluding hydrogens is 527 g/mol. The Labute approximate surface area is 251 Å². The van der Waals surface area contributed by atoms with Crippen LogP contribution in [0.25, 0.3) is 31.3 Å². The zero-order valence-electron chi connectivity index (χ0n) is 23.1.